The Bertz CT molecular complexity index is 1290. The fourth-order valence-corrected chi connectivity index (χ4v) is 7.92. The van der Waals surface area contributed by atoms with Crippen molar-refractivity contribution in [3.05, 3.63) is 12.7 Å². The van der Waals surface area contributed by atoms with Crippen LogP contribution in [0.2, 0.25) is 0 Å². The van der Waals surface area contributed by atoms with Crippen molar-refractivity contribution in [2.24, 2.45) is 29.1 Å². The van der Waals surface area contributed by atoms with Crippen molar-refractivity contribution in [2.45, 2.75) is 105 Å². The molecule has 3 rings (SSSR count). The summed E-state index contributed by atoms with van der Waals surface area (Å²) in [5, 5.41) is 11.1. The number of hydrogen-bond acceptors (Lipinski definition) is 7. The molecule has 0 bridgehead atoms. The number of amides is 5. The highest BCUT2D eigenvalue weighted by Crippen LogP contribution is 2.35. The van der Waals surface area contributed by atoms with E-state index in [1.165, 1.54) is 15.3 Å². The largest absolute Gasteiger partial charge is 0.346 e. The van der Waals surface area contributed by atoms with Gasteiger partial charge in [0.05, 0.1) is 11.8 Å². The number of likely N-dealkylation sites (tertiary alicyclic amines) is 1. The molecule has 1 unspecified atom stereocenters. The van der Waals surface area contributed by atoms with Crippen LogP contribution in [0, 0.1) is 29.1 Å². The van der Waals surface area contributed by atoms with E-state index in [-0.39, 0.29) is 49.1 Å². The lowest BCUT2D eigenvalue weighted by atomic mass is 9.84. The molecular weight excluding hydrogens is 624 g/mol. The zero-order chi connectivity index (χ0) is 35.3. The molecule has 0 aromatic heterocycles. The fourth-order valence-electron chi connectivity index (χ4n) is 6.38. The van der Waals surface area contributed by atoms with Crippen molar-refractivity contribution < 1.29 is 32.4 Å². The van der Waals surface area contributed by atoms with Crippen LogP contribution in [0.3, 0.4) is 0 Å². The van der Waals surface area contributed by atoms with Gasteiger partial charge in [-0.25, -0.2) is 13.2 Å². The first-order chi connectivity index (χ1) is 21.9. The van der Waals surface area contributed by atoms with Crippen LogP contribution in [0.25, 0.3) is 0 Å². The third-order valence-electron chi connectivity index (χ3n) is 9.50. The molecule has 4 N–H and O–H groups in total. The Morgan fingerprint density at radius 1 is 0.957 bits per heavy atom. The van der Waals surface area contributed by atoms with E-state index in [4.69, 9.17) is 0 Å². The molecule has 14 heteroatoms. The highest BCUT2D eigenvalue weighted by molar-refractivity contribution is 7.89. The summed E-state index contributed by atoms with van der Waals surface area (Å²) in [6.45, 7) is 17.7. The van der Waals surface area contributed by atoms with Crippen molar-refractivity contribution >= 4 is 39.6 Å². The Morgan fingerprint density at radius 2 is 1.62 bits per heavy atom. The number of ketones is 1. The lowest BCUT2D eigenvalue weighted by Gasteiger charge is -2.37. The van der Waals surface area contributed by atoms with Gasteiger partial charge in [-0.15, -0.1) is 6.58 Å². The van der Waals surface area contributed by atoms with Gasteiger partial charge in [-0.1, -0.05) is 67.4 Å². The van der Waals surface area contributed by atoms with Gasteiger partial charge in [0.2, 0.25) is 27.6 Å². The number of rotatable bonds is 15. The zero-order valence-corrected chi connectivity index (χ0v) is 30.0. The molecule has 5 amide bonds. The molecule has 2 aliphatic heterocycles. The monoisotopic (exact) mass is 680 g/mol. The molecule has 13 nitrogen and oxygen atoms in total. The predicted octanol–water partition coefficient (Wildman–Crippen LogP) is 1.79. The second-order valence-corrected chi connectivity index (χ2v) is 17.2. The Balaban J connectivity index is 1.80. The van der Waals surface area contributed by atoms with Crippen LogP contribution in [-0.4, -0.2) is 103 Å². The molecule has 0 aromatic rings. The summed E-state index contributed by atoms with van der Waals surface area (Å²) < 4.78 is 26.2. The van der Waals surface area contributed by atoms with E-state index in [9.17, 15) is 32.4 Å². The van der Waals surface area contributed by atoms with Crippen molar-refractivity contribution in [2.75, 3.05) is 31.9 Å². The normalized spacial score (nSPS) is 23.2. The first kappa shape index (κ1) is 38.4. The average molecular weight is 681 g/mol. The van der Waals surface area contributed by atoms with E-state index < -0.39 is 69.1 Å². The van der Waals surface area contributed by atoms with Crippen LogP contribution in [0.4, 0.5) is 4.79 Å². The number of nitrogens with zero attached hydrogens (tertiary/aromatic N) is 2. The second-order valence-electron chi connectivity index (χ2n) is 15.1. The van der Waals surface area contributed by atoms with Crippen molar-refractivity contribution in [3.8, 4) is 0 Å². The Kier molecular flexibility index (Phi) is 13.0. The molecule has 3 aliphatic rings. The quantitative estimate of drug-likeness (QED) is 0.151. The summed E-state index contributed by atoms with van der Waals surface area (Å²) in [4.78, 5) is 68.9. The summed E-state index contributed by atoms with van der Waals surface area (Å²) in [7, 11) is -3.36. The maximum absolute atomic E-state index is 14.3. The van der Waals surface area contributed by atoms with Gasteiger partial charge >= 0.3 is 6.03 Å². The van der Waals surface area contributed by atoms with Crippen LogP contribution in [0.15, 0.2) is 12.7 Å². The van der Waals surface area contributed by atoms with E-state index >= 15 is 0 Å². The Hall–Kier alpha value is -3.00. The molecule has 5 atom stereocenters. The number of sulfonamides is 1. The van der Waals surface area contributed by atoms with Gasteiger partial charge in [-0.3, -0.25) is 19.2 Å². The standard InChI is InChI=1S/C33H56N6O7S/c1-9-14-34-30(42)27(40)24(18-22-11-12-22)35-29(41)26-23(20(2)3)13-16-39(26)31(43)28(33(6,7)8)37-32(44)36-25(21(4)5)19-38-15-10-17-47(38,45)46/h9,20-26,28H,1,10-19H2,2-8H3,(H,34,42)(H,35,41)(H2,36,37,44)/t23-,24?,25-,26+,28-/m1/s1. The van der Waals surface area contributed by atoms with Crippen LogP contribution in [-0.2, 0) is 29.2 Å². The van der Waals surface area contributed by atoms with Gasteiger partial charge in [0, 0.05) is 32.2 Å². The molecule has 3 fully saturated rings. The molecule has 1 saturated carbocycles. The summed E-state index contributed by atoms with van der Waals surface area (Å²) in [5.41, 5.74) is -0.745. The average Bonchev–Trinajstić information content (AvgIpc) is 3.57. The minimum Gasteiger partial charge on any atom is -0.346 e. The summed E-state index contributed by atoms with van der Waals surface area (Å²) in [5.74, 6) is -2.35. The SMILES string of the molecule is C=CCNC(=O)C(=O)C(CC1CC1)NC(=O)[C@@H]1[C@@H](C(C)C)CCN1C(=O)[C@@H](NC(=O)N[C@H](CN1CCCS1(=O)=O)C(C)C)C(C)(C)C. The minimum absolute atomic E-state index is 0.0371. The molecule has 0 radical (unpaired) electrons. The summed E-state index contributed by atoms with van der Waals surface area (Å²) in [6.07, 6.45) is 4.76. The molecular formula is C33H56N6O7S. The highest BCUT2D eigenvalue weighted by atomic mass is 32.2. The number of Topliss-reactive ketones (excluding diaryl/α,β-unsaturated/α-hetero) is 1. The molecule has 2 heterocycles. The Labute approximate surface area is 280 Å². The van der Waals surface area contributed by atoms with E-state index in [1.807, 2.05) is 48.5 Å². The van der Waals surface area contributed by atoms with E-state index in [2.05, 4.69) is 27.8 Å². The molecule has 0 spiro atoms. The van der Waals surface area contributed by atoms with Crippen LogP contribution in [0.5, 0.6) is 0 Å². The second kappa shape index (κ2) is 15.9. The lowest BCUT2D eigenvalue weighted by molar-refractivity contribution is -0.144. The first-order valence-corrected chi connectivity index (χ1v) is 18.6. The smallest absolute Gasteiger partial charge is 0.315 e. The van der Waals surface area contributed by atoms with Gasteiger partial charge in [-0.2, -0.15) is 4.31 Å². The van der Waals surface area contributed by atoms with Gasteiger partial charge in [0.1, 0.15) is 12.1 Å². The van der Waals surface area contributed by atoms with Gasteiger partial charge in [0.25, 0.3) is 5.91 Å². The molecule has 2 saturated heterocycles. The molecule has 1 aliphatic carbocycles. The number of hydrogen-bond donors (Lipinski definition) is 4. The maximum atomic E-state index is 14.3. The lowest BCUT2D eigenvalue weighted by Crippen LogP contribution is -2.62. The molecule has 0 aromatic carbocycles. The van der Waals surface area contributed by atoms with Crippen molar-refractivity contribution in [1.29, 1.82) is 0 Å². The third kappa shape index (κ3) is 10.2. The third-order valence-corrected chi connectivity index (χ3v) is 11.4. The first-order valence-electron chi connectivity index (χ1n) is 17.0. The van der Waals surface area contributed by atoms with E-state index in [1.54, 1.807) is 0 Å². The number of carbonyl (C=O) groups excluding carboxylic acids is 5. The topological polar surface area (TPSA) is 174 Å². The number of urea groups is 1. The maximum Gasteiger partial charge on any atom is 0.315 e. The van der Waals surface area contributed by atoms with E-state index in [0.717, 1.165) is 12.8 Å². The fraction of sp³-hybridized carbons (Fsp3) is 0.788. The van der Waals surface area contributed by atoms with Crippen molar-refractivity contribution in [3.63, 3.8) is 0 Å². The summed E-state index contributed by atoms with van der Waals surface area (Å²) in [6, 6.07) is -4.01. The Morgan fingerprint density at radius 3 is 2.13 bits per heavy atom. The highest BCUT2D eigenvalue weighted by Gasteiger charge is 2.48. The van der Waals surface area contributed by atoms with Gasteiger partial charge < -0.3 is 26.2 Å². The van der Waals surface area contributed by atoms with Gasteiger partial charge in [-0.05, 0) is 48.3 Å². The number of nitrogens with one attached hydrogen (secondary N) is 4. The minimum atomic E-state index is -3.36. The molecule has 266 valence electrons. The van der Waals surface area contributed by atoms with Crippen LogP contribution < -0.4 is 21.3 Å². The number of carbonyl (C=O) groups is 5. The van der Waals surface area contributed by atoms with Crippen LogP contribution in [0.1, 0.15) is 80.6 Å². The predicted molar refractivity (Wildman–Crippen MR) is 179 cm³/mol. The zero-order valence-electron chi connectivity index (χ0n) is 29.1. The van der Waals surface area contributed by atoms with Crippen molar-refractivity contribution in [1.82, 2.24) is 30.5 Å². The van der Waals surface area contributed by atoms with E-state index in [0.29, 0.717) is 25.8 Å². The van der Waals surface area contributed by atoms with Gasteiger partial charge in [0.15, 0.2) is 0 Å². The van der Waals surface area contributed by atoms with Crippen LogP contribution >= 0.6 is 0 Å². The summed E-state index contributed by atoms with van der Waals surface area (Å²) >= 11 is 0. The molecule has 47 heavy (non-hydrogen) atoms.